The van der Waals surface area contributed by atoms with Crippen molar-refractivity contribution in [2.45, 2.75) is 65.2 Å². The SMILES string of the molecule is COC(=O)[C@H]1C[C@@H]2[C@H](CC[C@]3(C)C(=O)CC[C@@H]23)[C@@]2(C)CC/C(=N\OCCN)C[C@H]12. The number of nitrogens with zero attached hydrogens (tertiary/aromatic N) is 1. The van der Waals surface area contributed by atoms with Gasteiger partial charge in [0.1, 0.15) is 12.4 Å². The summed E-state index contributed by atoms with van der Waals surface area (Å²) in [6, 6.07) is 0. The van der Waals surface area contributed by atoms with Crippen LogP contribution in [-0.4, -0.2) is 37.7 Å². The lowest BCUT2D eigenvalue weighted by atomic mass is 9.43. The molecule has 4 aliphatic rings. The van der Waals surface area contributed by atoms with Crippen LogP contribution in [0.1, 0.15) is 65.2 Å². The fourth-order valence-electron chi connectivity index (χ4n) is 7.60. The smallest absolute Gasteiger partial charge is 0.308 e. The van der Waals surface area contributed by atoms with Gasteiger partial charge in [0.2, 0.25) is 0 Å². The molecule has 162 valence electrons. The zero-order valence-corrected chi connectivity index (χ0v) is 18.1. The van der Waals surface area contributed by atoms with Crippen molar-refractivity contribution in [2.24, 2.45) is 51.3 Å². The second-order valence-corrected chi connectivity index (χ2v) is 10.3. The Morgan fingerprint density at radius 3 is 2.69 bits per heavy atom. The first kappa shape index (κ1) is 20.8. The highest BCUT2D eigenvalue weighted by molar-refractivity contribution is 5.88. The van der Waals surface area contributed by atoms with E-state index in [-0.39, 0.29) is 28.6 Å². The number of fused-ring (bicyclic) bond motifs is 5. The van der Waals surface area contributed by atoms with Crippen LogP contribution in [0.2, 0.25) is 0 Å². The number of carbonyl (C=O) groups excluding carboxylic acids is 2. The maximum atomic E-state index is 12.9. The van der Waals surface area contributed by atoms with E-state index in [0.29, 0.717) is 43.1 Å². The number of methoxy groups -OCH3 is 1. The maximum absolute atomic E-state index is 12.9. The highest BCUT2D eigenvalue weighted by atomic mass is 16.6. The molecule has 7 atom stereocenters. The molecule has 0 radical (unpaired) electrons. The number of Topliss-reactive ketones (excluding diaryl/α,β-unsaturated/α-hetero) is 1. The van der Waals surface area contributed by atoms with E-state index < -0.39 is 0 Å². The number of ketones is 1. The van der Waals surface area contributed by atoms with Crippen LogP contribution in [0.25, 0.3) is 0 Å². The molecule has 0 amide bonds. The summed E-state index contributed by atoms with van der Waals surface area (Å²) in [5.74, 6) is 1.89. The number of oxime groups is 1. The Balaban J connectivity index is 1.65. The quantitative estimate of drug-likeness (QED) is 0.441. The van der Waals surface area contributed by atoms with E-state index in [1.165, 1.54) is 7.11 Å². The van der Waals surface area contributed by atoms with Crippen LogP contribution in [0.3, 0.4) is 0 Å². The Morgan fingerprint density at radius 2 is 1.97 bits per heavy atom. The number of nitrogens with two attached hydrogens (primary N) is 1. The van der Waals surface area contributed by atoms with Gasteiger partial charge < -0.3 is 15.3 Å². The summed E-state index contributed by atoms with van der Waals surface area (Å²) >= 11 is 0. The first-order valence-electron chi connectivity index (χ1n) is 11.3. The normalized spacial score (nSPS) is 45.3. The van der Waals surface area contributed by atoms with Gasteiger partial charge >= 0.3 is 5.97 Å². The van der Waals surface area contributed by atoms with Gasteiger partial charge in [0, 0.05) is 18.4 Å². The molecule has 0 aromatic rings. The minimum atomic E-state index is -0.178. The lowest BCUT2D eigenvalue weighted by molar-refractivity contribution is -0.167. The number of hydrogen-bond acceptors (Lipinski definition) is 6. The fraction of sp³-hybridized carbons (Fsp3) is 0.870. The van der Waals surface area contributed by atoms with Crippen molar-refractivity contribution in [3.63, 3.8) is 0 Å². The van der Waals surface area contributed by atoms with Gasteiger partial charge in [0.05, 0.1) is 18.7 Å². The third kappa shape index (κ3) is 3.22. The molecule has 0 unspecified atom stereocenters. The molecule has 0 aromatic heterocycles. The number of hydrogen-bond donors (Lipinski definition) is 1. The molecule has 0 spiro atoms. The lowest BCUT2D eigenvalue weighted by Crippen LogP contribution is -2.57. The van der Waals surface area contributed by atoms with Crippen LogP contribution >= 0.6 is 0 Å². The Hall–Kier alpha value is -1.43. The molecule has 4 aliphatic carbocycles. The molecule has 6 heteroatoms. The molecule has 6 nitrogen and oxygen atoms in total. The molecule has 0 aliphatic heterocycles. The zero-order valence-electron chi connectivity index (χ0n) is 18.1. The van der Waals surface area contributed by atoms with Crippen LogP contribution in [0.5, 0.6) is 0 Å². The number of esters is 1. The Morgan fingerprint density at radius 1 is 1.17 bits per heavy atom. The lowest BCUT2D eigenvalue weighted by Gasteiger charge is -2.61. The van der Waals surface area contributed by atoms with Gasteiger partial charge in [-0.15, -0.1) is 0 Å². The summed E-state index contributed by atoms with van der Waals surface area (Å²) in [7, 11) is 1.50. The van der Waals surface area contributed by atoms with E-state index in [9.17, 15) is 9.59 Å². The van der Waals surface area contributed by atoms with Crippen molar-refractivity contribution in [1.82, 2.24) is 0 Å². The second-order valence-electron chi connectivity index (χ2n) is 10.3. The Kier molecular flexibility index (Phi) is 5.51. The van der Waals surface area contributed by atoms with Gasteiger partial charge in [-0.25, -0.2) is 0 Å². The van der Waals surface area contributed by atoms with E-state index in [1.807, 2.05) is 0 Å². The topological polar surface area (TPSA) is 91.0 Å². The summed E-state index contributed by atoms with van der Waals surface area (Å²) in [4.78, 5) is 30.9. The molecule has 0 heterocycles. The fourth-order valence-corrected chi connectivity index (χ4v) is 7.60. The predicted octanol–water partition coefficient (Wildman–Crippen LogP) is 3.33. The van der Waals surface area contributed by atoms with Gasteiger partial charge in [-0.05, 0) is 74.0 Å². The Bertz CT molecular complexity index is 707. The largest absolute Gasteiger partial charge is 0.469 e. The number of carbonyl (C=O) groups is 2. The molecular weight excluding hydrogens is 368 g/mol. The van der Waals surface area contributed by atoms with Crippen molar-refractivity contribution in [3.8, 4) is 0 Å². The first-order chi connectivity index (χ1) is 13.8. The van der Waals surface area contributed by atoms with Crippen LogP contribution in [0.15, 0.2) is 5.16 Å². The zero-order chi connectivity index (χ0) is 20.8. The van der Waals surface area contributed by atoms with Crippen molar-refractivity contribution >= 4 is 17.5 Å². The van der Waals surface area contributed by atoms with Crippen molar-refractivity contribution in [3.05, 3.63) is 0 Å². The van der Waals surface area contributed by atoms with Crippen molar-refractivity contribution in [1.29, 1.82) is 0 Å². The molecule has 29 heavy (non-hydrogen) atoms. The van der Waals surface area contributed by atoms with E-state index in [1.54, 1.807) is 0 Å². The summed E-state index contributed by atoms with van der Waals surface area (Å²) in [5.41, 5.74) is 6.46. The van der Waals surface area contributed by atoms with Gasteiger partial charge in [-0.1, -0.05) is 19.0 Å². The minimum Gasteiger partial charge on any atom is -0.469 e. The Labute approximate surface area is 173 Å². The van der Waals surface area contributed by atoms with Crippen molar-refractivity contribution < 1.29 is 19.2 Å². The van der Waals surface area contributed by atoms with E-state index in [2.05, 4.69) is 19.0 Å². The second kappa shape index (κ2) is 7.68. The summed E-state index contributed by atoms with van der Waals surface area (Å²) in [6.07, 6.45) is 7.38. The molecular formula is C23H36N2O4. The highest BCUT2D eigenvalue weighted by Crippen LogP contribution is 2.66. The minimum absolute atomic E-state index is 0.0849. The first-order valence-corrected chi connectivity index (χ1v) is 11.3. The van der Waals surface area contributed by atoms with E-state index >= 15 is 0 Å². The monoisotopic (exact) mass is 404 g/mol. The van der Waals surface area contributed by atoms with Crippen LogP contribution in [0, 0.1) is 40.4 Å². The van der Waals surface area contributed by atoms with Crippen LogP contribution < -0.4 is 5.73 Å². The average molecular weight is 405 g/mol. The molecule has 4 rings (SSSR count). The number of rotatable bonds is 4. The van der Waals surface area contributed by atoms with Gasteiger partial charge in [-0.2, -0.15) is 0 Å². The van der Waals surface area contributed by atoms with Gasteiger partial charge in [0.15, 0.2) is 0 Å². The molecule has 4 fully saturated rings. The third-order valence-corrected chi connectivity index (χ3v) is 9.17. The predicted molar refractivity (Wildman–Crippen MR) is 110 cm³/mol. The summed E-state index contributed by atoms with van der Waals surface area (Å²) in [5, 5.41) is 4.33. The summed E-state index contributed by atoms with van der Waals surface area (Å²) < 4.78 is 5.26. The van der Waals surface area contributed by atoms with Gasteiger partial charge in [0.25, 0.3) is 0 Å². The van der Waals surface area contributed by atoms with Crippen LogP contribution in [-0.2, 0) is 19.2 Å². The molecule has 0 bridgehead atoms. The molecule has 2 N–H and O–H groups in total. The van der Waals surface area contributed by atoms with E-state index in [0.717, 1.165) is 50.7 Å². The van der Waals surface area contributed by atoms with Crippen molar-refractivity contribution in [2.75, 3.05) is 20.3 Å². The van der Waals surface area contributed by atoms with E-state index in [4.69, 9.17) is 15.3 Å². The molecule has 4 saturated carbocycles. The third-order valence-electron chi connectivity index (χ3n) is 9.17. The molecule has 0 aromatic carbocycles. The summed E-state index contributed by atoms with van der Waals surface area (Å²) in [6.45, 7) is 5.45. The van der Waals surface area contributed by atoms with Crippen LogP contribution in [0.4, 0.5) is 0 Å². The maximum Gasteiger partial charge on any atom is 0.308 e. The average Bonchev–Trinajstić information content (AvgIpc) is 3.02. The van der Waals surface area contributed by atoms with Gasteiger partial charge in [-0.3, -0.25) is 9.59 Å². The number of ether oxygens (including phenoxy) is 1. The highest BCUT2D eigenvalue weighted by Gasteiger charge is 2.63. The standard InChI is InChI=1S/C23H36N2O4/c1-22-8-6-14(25-29-11-10-24)12-19(22)16(21(27)28-3)13-15-17-4-5-20(26)23(17,2)9-7-18(15)22/h15-19H,4-13,24H2,1-3H3/b25-14+/t15-,16-,17-,18-,19+,22+,23-/m0/s1. The molecule has 0 saturated heterocycles.